The SMILES string of the molecule is CC1=CC=NC(NC(C)C)N1O. The summed E-state index contributed by atoms with van der Waals surface area (Å²) in [6.07, 6.45) is 3.12. The Labute approximate surface area is 72.6 Å². The molecule has 1 aliphatic heterocycles. The molecule has 0 saturated carbocycles. The summed E-state index contributed by atoms with van der Waals surface area (Å²) in [7, 11) is 0. The van der Waals surface area contributed by atoms with Gasteiger partial charge in [-0.25, -0.2) is 5.06 Å². The standard InChI is InChI=1S/C8H15N3O/c1-6(2)10-8-9-5-4-7(3)11(8)12/h4-6,8,10,12H,1-3H3. The van der Waals surface area contributed by atoms with Crippen LogP contribution < -0.4 is 5.32 Å². The van der Waals surface area contributed by atoms with Crippen LogP contribution in [0.15, 0.2) is 16.8 Å². The summed E-state index contributed by atoms with van der Waals surface area (Å²) in [6.45, 7) is 5.86. The van der Waals surface area contributed by atoms with Crippen molar-refractivity contribution in [1.29, 1.82) is 0 Å². The average molecular weight is 169 g/mol. The molecule has 12 heavy (non-hydrogen) atoms. The Bertz CT molecular complexity index is 210. The van der Waals surface area contributed by atoms with E-state index in [-0.39, 0.29) is 6.29 Å². The predicted molar refractivity (Wildman–Crippen MR) is 47.9 cm³/mol. The molecule has 0 aliphatic carbocycles. The summed E-state index contributed by atoms with van der Waals surface area (Å²) in [4.78, 5) is 4.06. The Kier molecular flexibility index (Phi) is 2.83. The lowest BCUT2D eigenvalue weighted by Crippen LogP contribution is -2.45. The molecule has 0 aromatic carbocycles. The molecule has 2 N–H and O–H groups in total. The Balaban J connectivity index is 2.57. The van der Waals surface area contributed by atoms with Crippen LogP contribution in [0, 0.1) is 0 Å². The van der Waals surface area contributed by atoms with Crippen molar-refractivity contribution in [1.82, 2.24) is 10.4 Å². The molecule has 0 spiro atoms. The van der Waals surface area contributed by atoms with Crippen LogP contribution in [0.2, 0.25) is 0 Å². The first kappa shape index (κ1) is 9.22. The molecule has 0 aromatic heterocycles. The maximum atomic E-state index is 9.48. The van der Waals surface area contributed by atoms with Gasteiger partial charge in [0, 0.05) is 18.0 Å². The Morgan fingerprint density at radius 2 is 2.33 bits per heavy atom. The molecule has 1 aliphatic rings. The maximum absolute atomic E-state index is 9.48. The van der Waals surface area contributed by atoms with Crippen molar-refractivity contribution in [3.8, 4) is 0 Å². The molecular formula is C8H15N3O. The zero-order chi connectivity index (χ0) is 9.14. The average Bonchev–Trinajstić information content (AvgIpc) is 1.98. The van der Waals surface area contributed by atoms with E-state index in [0.717, 1.165) is 10.8 Å². The molecule has 68 valence electrons. The smallest absolute Gasteiger partial charge is 0.199 e. The summed E-state index contributed by atoms with van der Waals surface area (Å²) >= 11 is 0. The minimum Gasteiger partial charge on any atom is -0.285 e. The second-order valence-electron chi connectivity index (χ2n) is 3.15. The second kappa shape index (κ2) is 3.69. The molecule has 0 saturated heterocycles. The lowest BCUT2D eigenvalue weighted by atomic mass is 10.3. The molecule has 0 amide bonds. The molecule has 4 heteroatoms. The van der Waals surface area contributed by atoms with Gasteiger partial charge in [0.05, 0.1) is 0 Å². The first-order valence-corrected chi connectivity index (χ1v) is 4.05. The molecule has 0 aromatic rings. The second-order valence-corrected chi connectivity index (χ2v) is 3.15. The van der Waals surface area contributed by atoms with Crippen molar-refractivity contribution in [2.45, 2.75) is 33.1 Å². The molecule has 1 unspecified atom stereocenters. The fourth-order valence-electron chi connectivity index (χ4n) is 0.977. The van der Waals surface area contributed by atoms with E-state index in [1.165, 1.54) is 0 Å². The summed E-state index contributed by atoms with van der Waals surface area (Å²) in [5, 5.41) is 13.7. The number of rotatable bonds is 2. The molecule has 4 nitrogen and oxygen atoms in total. The van der Waals surface area contributed by atoms with Crippen LogP contribution in [-0.2, 0) is 0 Å². The van der Waals surface area contributed by atoms with Crippen LogP contribution >= 0.6 is 0 Å². The summed E-state index contributed by atoms with van der Waals surface area (Å²) in [6, 6.07) is 0.299. The molecule has 0 radical (unpaired) electrons. The molecule has 1 atom stereocenters. The minimum atomic E-state index is -0.338. The van der Waals surface area contributed by atoms with Gasteiger partial charge in [-0.05, 0) is 26.8 Å². The van der Waals surface area contributed by atoms with Crippen molar-refractivity contribution in [2.24, 2.45) is 4.99 Å². The molecule has 0 bridgehead atoms. The summed E-state index contributed by atoms with van der Waals surface area (Å²) < 4.78 is 0. The Hall–Kier alpha value is -0.870. The topological polar surface area (TPSA) is 47.9 Å². The fraction of sp³-hybridized carbons (Fsp3) is 0.625. The third-order valence-electron chi connectivity index (χ3n) is 1.62. The maximum Gasteiger partial charge on any atom is 0.199 e. The molecule has 1 heterocycles. The van der Waals surface area contributed by atoms with Gasteiger partial charge in [0.15, 0.2) is 6.29 Å². The van der Waals surface area contributed by atoms with Crippen LogP contribution in [0.4, 0.5) is 0 Å². The predicted octanol–water partition coefficient (Wildman–Crippen LogP) is 0.947. The van der Waals surface area contributed by atoms with Crippen LogP contribution in [0.1, 0.15) is 20.8 Å². The normalized spacial score (nSPS) is 23.2. The first-order chi connectivity index (χ1) is 5.61. The molecule has 0 fully saturated rings. The van der Waals surface area contributed by atoms with E-state index in [1.807, 2.05) is 20.8 Å². The van der Waals surface area contributed by atoms with Gasteiger partial charge in [0.25, 0.3) is 0 Å². The number of hydrogen-bond acceptors (Lipinski definition) is 4. The van der Waals surface area contributed by atoms with Crippen LogP contribution in [0.25, 0.3) is 0 Å². The number of nitrogens with zero attached hydrogens (tertiary/aromatic N) is 2. The number of aliphatic imine (C=N–C) groups is 1. The van der Waals surface area contributed by atoms with Gasteiger partial charge in [0.2, 0.25) is 0 Å². The van der Waals surface area contributed by atoms with Crippen molar-refractivity contribution in [2.75, 3.05) is 0 Å². The number of hydrogen-bond donors (Lipinski definition) is 2. The third kappa shape index (κ3) is 2.06. The first-order valence-electron chi connectivity index (χ1n) is 4.05. The minimum absolute atomic E-state index is 0.299. The van der Waals surface area contributed by atoms with Gasteiger partial charge in [-0.15, -0.1) is 0 Å². The molecule has 1 rings (SSSR count). The van der Waals surface area contributed by atoms with E-state index in [0.29, 0.717) is 6.04 Å². The van der Waals surface area contributed by atoms with E-state index in [1.54, 1.807) is 12.3 Å². The van der Waals surface area contributed by atoms with E-state index >= 15 is 0 Å². The third-order valence-corrected chi connectivity index (χ3v) is 1.62. The van der Waals surface area contributed by atoms with Gasteiger partial charge in [-0.1, -0.05) is 0 Å². The highest BCUT2D eigenvalue weighted by Crippen LogP contribution is 2.08. The van der Waals surface area contributed by atoms with Crippen LogP contribution in [0.3, 0.4) is 0 Å². The van der Waals surface area contributed by atoms with Gasteiger partial charge in [-0.3, -0.25) is 15.5 Å². The Morgan fingerprint density at radius 1 is 1.67 bits per heavy atom. The highest BCUT2D eigenvalue weighted by Gasteiger charge is 2.17. The van der Waals surface area contributed by atoms with Crippen molar-refractivity contribution >= 4 is 6.21 Å². The van der Waals surface area contributed by atoms with Crippen LogP contribution in [0.5, 0.6) is 0 Å². The van der Waals surface area contributed by atoms with E-state index in [9.17, 15) is 5.21 Å². The van der Waals surface area contributed by atoms with Gasteiger partial charge >= 0.3 is 0 Å². The fourth-order valence-corrected chi connectivity index (χ4v) is 0.977. The highest BCUT2D eigenvalue weighted by atomic mass is 16.5. The quantitative estimate of drug-likeness (QED) is 0.647. The lowest BCUT2D eigenvalue weighted by molar-refractivity contribution is -0.103. The van der Waals surface area contributed by atoms with Crippen molar-refractivity contribution in [3.05, 3.63) is 11.8 Å². The van der Waals surface area contributed by atoms with Gasteiger partial charge in [-0.2, -0.15) is 0 Å². The van der Waals surface area contributed by atoms with E-state index in [4.69, 9.17) is 0 Å². The summed E-state index contributed by atoms with van der Waals surface area (Å²) in [5.41, 5.74) is 0.795. The Morgan fingerprint density at radius 3 is 2.92 bits per heavy atom. The molecular weight excluding hydrogens is 154 g/mol. The zero-order valence-corrected chi connectivity index (χ0v) is 7.65. The highest BCUT2D eigenvalue weighted by molar-refractivity contribution is 5.72. The summed E-state index contributed by atoms with van der Waals surface area (Å²) in [5.74, 6) is 0. The zero-order valence-electron chi connectivity index (χ0n) is 7.65. The largest absolute Gasteiger partial charge is 0.285 e. The van der Waals surface area contributed by atoms with E-state index in [2.05, 4.69) is 10.3 Å². The van der Waals surface area contributed by atoms with Crippen molar-refractivity contribution < 1.29 is 5.21 Å². The van der Waals surface area contributed by atoms with E-state index < -0.39 is 0 Å². The van der Waals surface area contributed by atoms with Crippen LogP contribution in [-0.4, -0.2) is 28.8 Å². The number of allylic oxidation sites excluding steroid dienone is 2. The number of nitrogens with one attached hydrogen (secondary N) is 1. The number of hydroxylamine groups is 2. The van der Waals surface area contributed by atoms with Crippen molar-refractivity contribution in [3.63, 3.8) is 0 Å². The van der Waals surface area contributed by atoms with Gasteiger partial charge in [0.1, 0.15) is 0 Å². The monoisotopic (exact) mass is 169 g/mol. The lowest BCUT2D eigenvalue weighted by Gasteiger charge is -2.29. The van der Waals surface area contributed by atoms with Gasteiger partial charge < -0.3 is 0 Å².